The summed E-state index contributed by atoms with van der Waals surface area (Å²) in [5, 5.41) is 3.12. The molecular weight excluding hydrogens is 365 g/mol. The molecule has 0 aliphatic heterocycles. The molecule has 0 heterocycles. The lowest BCUT2D eigenvalue weighted by Gasteiger charge is -2.12. The van der Waals surface area contributed by atoms with Crippen molar-refractivity contribution in [1.29, 1.82) is 0 Å². The first-order valence-corrected chi connectivity index (χ1v) is 6.81. The molecule has 3 atom stereocenters. The van der Waals surface area contributed by atoms with Gasteiger partial charge in [-0.05, 0) is 30.7 Å². The lowest BCUT2D eigenvalue weighted by molar-refractivity contribution is 0.179. The molecule has 20 heavy (non-hydrogen) atoms. The van der Waals surface area contributed by atoms with Crippen molar-refractivity contribution in [3.8, 4) is 0 Å². The Kier molecular flexibility index (Phi) is 7.29. The van der Waals surface area contributed by atoms with Crippen LogP contribution in [0, 0.1) is 5.92 Å². The third-order valence-electron chi connectivity index (χ3n) is 3.46. The normalized spacial score (nSPS) is 22.8. The van der Waals surface area contributed by atoms with Gasteiger partial charge < -0.3 is 15.8 Å². The quantitative estimate of drug-likeness (QED) is 0.446. The largest absolute Gasteiger partial charge is 0.383 e. The number of hydrogen-bond donors (Lipinski definition) is 2. The summed E-state index contributed by atoms with van der Waals surface area (Å²) in [6.45, 7) is 3.46. The van der Waals surface area contributed by atoms with Crippen molar-refractivity contribution in [3.63, 3.8) is 0 Å². The van der Waals surface area contributed by atoms with Gasteiger partial charge in [0.1, 0.15) is 0 Å². The lowest BCUT2D eigenvalue weighted by atomic mass is 10.1. The summed E-state index contributed by atoms with van der Waals surface area (Å²) >= 11 is 0. The van der Waals surface area contributed by atoms with Crippen LogP contribution in [0.2, 0.25) is 0 Å². The molecule has 1 aliphatic carbocycles. The summed E-state index contributed by atoms with van der Waals surface area (Å²) < 4.78 is 5.04. The average molecular weight is 389 g/mol. The molecule has 0 spiro atoms. The van der Waals surface area contributed by atoms with Crippen LogP contribution in [0.1, 0.15) is 24.8 Å². The molecule has 112 valence electrons. The van der Waals surface area contributed by atoms with E-state index in [2.05, 4.69) is 40.6 Å². The van der Waals surface area contributed by atoms with Gasteiger partial charge in [0.25, 0.3) is 0 Å². The van der Waals surface area contributed by atoms with E-state index in [-0.39, 0.29) is 30.0 Å². The molecule has 1 aromatic carbocycles. The van der Waals surface area contributed by atoms with E-state index in [1.54, 1.807) is 7.11 Å². The molecule has 0 radical (unpaired) electrons. The maximum atomic E-state index is 5.85. The van der Waals surface area contributed by atoms with Crippen molar-refractivity contribution in [1.82, 2.24) is 5.32 Å². The molecule has 3 N–H and O–H groups in total. The van der Waals surface area contributed by atoms with E-state index in [0.29, 0.717) is 24.4 Å². The minimum Gasteiger partial charge on any atom is -0.383 e. The summed E-state index contributed by atoms with van der Waals surface area (Å²) in [5.41, 5.74) is 7.27. The molecule has 1 fully saturated rings. The van der Waals surface area contributed by atoms with Crippen LogP contribution in [0.4, 0.5) is 0 Å². The van der Waals surface area contributed by atoms with Crippen molar-refractivity contribution < 1.29 is 4.74 Å². The molecule has 4 nitrogen and oxygen atoms in total. The van der Waals surface area contributed by atoms with Crippen molar-refractivity contribution in [2.24, 2.45) is 16.6 Å². The van der Waals surface area contributed by atoms with Gasteiger partial charge in [0.2, 0.25) is 0 Å². The fourth-order valence-electron chi connectivity index (χ4n) is 2.36. The second kappa shape index (κ2) is 8.46. The highest BCUT2D eigenvalue weighted by atomic mass is 127. The molecular formula is C15H24IN3O. The van der Waals surface area contributed by atoms with Crippen LogP contribution < -0.4 is 11.1 Å². The SMILES string of the molecule is COCC(C)NC(N)=NCC1CC1c1ccccc1.I. The number of benzene rings is 1. The highest BCUT2D eigenvalue weighted by Gasteiger charge is 2.37. The number of aliphatic imine (C=N–C) groups is 1. The van der Waals surface area contributed by atoms with Crippen LogP contribution in [0.25, 0.3) is 0 Å². The molecule has 0 amide bonds. The van der Waals surface area contributed by atoms with E-state index in [9.17, 15) is 0 Å². The van der Waals surface area contributed by atoms with E-state index in [0.717, 1.165) is 6.54 Å². The smallest absolute Gasteiger partial charge is 0.188 e. The topological polar surface area (TPSA) is 59.6 Å². The zero-order chi connectivity index (χ0) is 13.7. The number of halogens is 1. The van der Waals surface area contributed by atoms with Crippen LogP contribution in [0.15, 0.2) is 35.3 Å². The predicted octanol–water partition coefficient (Wildman–Crippen LogP) is 2.35. The summed E-state index contributed by atoms with van der Waals surface area (Å²) in [5.74, 6) is 1.82. The number of hydrogen-bond acceptors (Lipinski definition) is 2. The number of ether oxygens (including phenoxy) is 1. The molecule has 2 rings (SSSR count). The number of nitrogens with one attached hydrogen (secondary N) is 1. The number of methoxy groups -OCH3 is 1. The van der Waals surface area contributed by atoms with Crippen molar-refractivity contribution in [2.45, 2.75) is 25.3 Å². The Morgan fingerprint density at radius 3 is 2.80 bits per heavy atom. The number of guanidine groups is 1. The monoisotopic (exact) mass is 389 g/mol. The number of nitrogens with zero attached hydrogens (tertiary/aromatic N) is 1. The van der Waals surface area contributed by atoms with Gasteiger partial charge in [-0.1, -0.05) is 30.3 Å². The van der Waals surface area contributed by atoms with E-state index < -0.39 is 0 Å². The van der Waals surface area contributed by atoms with E-state index in [1.165, 1.54) is 12.0 Å². The van der Waals surface area contributed by atoms with Gasteiger partial charge in [0.05, 0.1) is 6.61 Å². The van der Waals surface area contributed by atoms with Crippen LogP contribution in [-0.4, -0.2) is 32.3 Å². The van der Waals surface area contributed by atoms with Gasteiger partial charge in [-0.2, -0.15) is 0 Å². The van der Waals surface area contributed by atoms with Crippen molar-refractivity contribution in [2.75, 3.05) is 20.3 Å². The Labute approximate surface area is 138 Å². The lowest BCUT2D eigenvalue weighted by Crippen LogP contribution is -2.40. The third kappa shape index (κ3) is 5.28. The Balaban J connectivity index is 0.00000200. The summed E-state index contributed by atoms with van der Waals surface area (Å²) in [4.78, 5) is 4.41. The first-order valence-electron chi connectivity index (χ1n) is 6.81. The van der Waals surface area contributed by atoms with Gasteiger partial charge in [0, 0.05) is 19.7 Å². The molecule has 1 saturated carbocycles. The fraction of sp³-hybridized carbons (Fsp3) is 0.533. The number of nitrogens with two attached hydrogens (primary N) is 1. The van der Waals surface area contributed by atoms with Gasteiger partial charge in [-0.3, -0.25) is 4.99 Å². The first kappa shape index (κ1) is 17.2. The molecule has 0 saturated heterocycles. The molecule has 0 bridgehead atoms. The summed E-state index contributed by atoms with van der Waals surface area (Å²) in [7, 11) is 1.68. The molecule has 1 aliphatic rings. The van der Waals surface area contributed by atoms with Crippen LogP contribution in [0.5, 0.6) is 0 Å². The maximum Gasteiger partial charge on any atom is 0.188 e. The van der Waals surface area contributed by atoms with Crippen LogP contribution >= 0.6 is 24.0 Å². The summed E-state index contributed by atoms with van der Waals surface area (Å²) in [6, 6.07) is 10.8. The summed E-state index contributed by atoms with van der Waals surface area (Å²) in [6.07, 6.45) is 1.22. The van der Waals surface area contributed by atoms with Crippen LogP contribution in [-0.2, 0) is 4.74 Å². The average Bonchev–Trinajstić information content (AvgIpc) is 3.17. The first-order chi connectivity index (χ1) is 9.20. The fourth-order valence-corrected chi connectivity index (χ4v) is 2.36. The second-order valence-electron chi connectivity index (χ2n) is 5.24. The van der Waals surface area contributed by atoms with Gasteiger partial charge >= 0.3 is 0 Å². The molecule has 0 aromatic heterocycles. The van der Waals surface area contributed by atoms with E-state index >= 15 is 0 Å². The third-order valence-corrected chi connectivity index (χ3v) is 3.46. The zero-order valence-corrected chi connectivity index (χ0v) is 14.4. The Hall–Kier alpha value is -0.820. The van der Waals surface area contributed by atoms with Gasteiger partial charge in [-0.25, -0.2) is 0 Å². The number of rotatable bonds is 6. The van der Waals surface area contributed by atoms with Crippen LogP contribution in [0.3, 0.4) is 0 Å². The molecule has 3 unspecified atom stereocenters. The second-order valence-corrected chi connectivity index (χ2v) is 5.24. The minimum atomic E-state index is 0. The predicted molar refractivity (Wildman–Crippen MR) is 93.7 cm³/mol. The van der Waals surface area contributed by atoms with Crippen molar-refractivity contribution >= 4 is 29.9 Å². The van der Waals surface area contributed by atoms with E-state index in [1.807, 2.05) is 6.92 Å². The van der Waals surface area contributed by atoms with Gasteiger partial charge in [-0.15, -0.1) is 24.0 Å². The Morgan fingerprint density at radius 2 is 2.15 bits per heavy atom. The molecule has 5 heteroatoms. The Morgan fingerprint density at radius 1 is 1.45 bits per heavy atom. The Bertz CT molecular complexity index is 424. The standard InChI is InChI=1S/C15H23N3O.HI/c1-11(10-19-2)18-15(16)17-9-13-8-14(13)12-6-4-3-5-7-12;/h3-7,11,13-14H,8-10H2,1-2H3,(H3,16,17,18);1H. The maximum absolute atomic E-state index is 5.85. The highest BCUT2D eigenvalue weighted by molar-refractivity contribution is 14.0. The van der Waals surface area contributed by atoms with E-state index in [4.69, 9.17) is 10.5 Å². The zero-order valence-electron chi connectivity index (χ0n) is 12.1. The molecule has 1 aromatic rings. The van der Waals surface area contributed by atoms with Crippen molar-refractivity contribution in [3.05, 3.63) is 35.9 Å². The highest BCUT2D eigenvalue weighted by Crippen LogP contribution is 2.47. The minimum absolute atomic E-state index is 0. The van der Waals surface area contributed by atoms with Gasteiger partial charge in [0.15, 0.2) is 5.96 Å².